The molecule has 0 fully saturated rings. The van der Waals surface area contributed by atoms with Gasteiger partial charge in [0.2, 0.25) is 0 Å². The van der Waals surface area contributed by atoms with Crippen LogP contribution in [-0.2, 0) is 11.9 Å². The number of thioether (sulfide) groups is 1. The summed E-state index contributed by atoms with van der Waals surface area (Å²) >= 11 is 1.46. The van der Waals surface area contributed by atoms with Gasteiger partial charge in [0.25, 0.3) is 0 Å². The van der Waals surface area contributed by atoms with E-state index in [0.29, 0.717) is 11.2 Å². The van der Waals surface area contributed by atoms with Crippen molar-refractivity contribution in [2.75, 3.05) is 0 Å². The number of rotatable bonds is 4. The minimum atomic E-state index is -4.31. The monoisotopic (exact) mass is 312 g/mol. The largest absolute Gasteiger partial charge is 0.488 e. The van der Waals surface area contributed by atoms with Gasteiger partial charge >= 0.3 is 13.3 Å². The van der Waals surface area contributed by atoms with E-state index in [-0.39, 0.29) is 0 Å². The maximum atomic E-state index is 12.4. The molecule has 2 nitrogen and oxygen atoms in total. The molecule has 0 amide bonds. The SMILES string of the molecule is OB(O)c1ccc(SCc2ccc(C(F)(F)F)cc2)cc1. The fourth-order valence-electron chi connectivity index (χ4n) is 1.69. The van der Waals surface area contributed by atoms with Gasteiger partial charge in [-0.2, -0.15) is 13.2 Å². The van der Waals surface area contributed by atoms with Crippen LogP contribution in [0, 0.1) is 0 Å². The Morgan fingerprint density at radius 3 is 1.95 bits per heavy atom. The summed E-state index contributed by atoms with van der Waals surface area (Å²) in [7, 11) is -1.50. The van der Waals surface area contributed by atoms with E-state index in [2.05, 4.69) is 0 Å². The van der Waals surface area contributed by atoms with Gasteiger partial charge in [0, 0.05) is 10.6 Å². The van der Waals surface area contributed by atoms with Crippen molar-refractivity contribution in [1.82, 2.24) is 0 Å². The van der Waals surface area contributed by atoms with E-state index in [0.717, 1.165) is 22.6 Å². The predicted molar refractivity (Wildman–Crippen MR) is 77.3 cm³/mol. The minimum absolute atomic E-state index is 0.397. The van der Waals surface area contributed by atoms with Crippen LogP contribution in [0.25, 0.3) is 0 Å². The summed E-state index contributed by atoms with van der Waals surface area (Å²) in [5.41, 5.74) is 0.533. The molecule has 0 aromatic heterocycles. The number of alkyl halides is 3. The predicted octanol–water partition coefficient (Wildman–Crippen LogP) is 2.68. The summed E-state index contributed by atoms with van der Waals surface area (Å²) in [5, 5.41) is 17.9. The molecule has 110 valence electrons. The summed E-state index contributed by atoms with van der Waals surface area (Å²) in [4.78, 5) is 0.902. The lowest BCUT2D eigenvalue weighted by Gasteiger charge is -2.08. The summed E-state index contributed by atoms with van der Waals surface area (Å²) in [5.74, 6) is 0.541. The molecular formula is C14H12BF3O2S. The van der Waals surface area contributed by atoms with Crippen molar-refractivity contribution < 1.29 is 23.2 Å². The number of benzene rings is 2. The van der Waals surface area contributed by atoms with Gasteiger partial charge in [0.05, 0.1) is 5.56 Å². The van der Waals surface area contributed by atoms with E-state index in [1.165, 1.54) is 23.9 Å². The second-order valence-electron chi connectivity index (χ2n) is 4.43. The molecule has 2 N–H and O–H groups in total. The smallest absolute Gasteiger partial charge is 0.423 e. The van der Waals surface area contributed by atoms with Crippen molar-refractivity contribution in [3.63, 3.8) is 0 Å². The molecule has 0 radical (unpaired) electrons. The van der Waals surface area contributed by atoms with E-state index in [4.69, 9.17) is 10.0 Å². The molecule has 0 bridgehead atoms. The first-order valence-corrected chi connectivity index (χ1v) is 7.10. The van der Waals surface area contributed by atoms with Crippen molar-refractivity contribution in [2.45, 2.75) is 16.8 Å². The van der Waals surface area contributed by atoms with Crippen molar-refractivity contribution >= 4 is 24.3 Å². The third-order valence-electron chi connectivity index (χ3n) is 2.87. The lowest BCUT2D eigenvalue weighted by Crippen LogP contribution is -2.29. The fourth-order valence-corrected chi connectivity index (χ4v) is 2.55. The van der Waals surface area contributed by atoms with Crippen LogP contribution >= 0.6 is 11.8 Å². The number of hydrogen-bond donors (Lipinski definition) is 2. The molecule has 0 atom stereocenters. The quantitative estimate of drug-likeness (QED) is 0.674. The van der Waals surface area contributed by atoms with Gasteiger partial charge in [0.1, 0.15) is 0 Å². The van der Waals surface area contributed by atoms with Gasteiger partial charge in [-0.15, -0.1) is 11.8 Å². The van der Waals surface area contributed by atoms with Crippen LogP contribution in [0.15, 0.2) is 53.4 Å². The van der Waals surface area contributed by atoms with E-state index >= 15 is 0 Å². The van der Waals surface area contributed by atoms with E-state index in [1.807, 2.05) is 0 Å². The Labute approximate surface area is 124 Å². The zero-order valence-electron chi connectivity index (χ0n) is 10.8. The van der Waals surface area contributed by atoms with E-state index < -0.39 is 18.9 Å². The minimum Gasteiger partial charge on any atom is -0.423 e. The lowest BCUT2D eigenvalue weighted by atomic mass is 9.81. The summed E-state index contributed by atoms with van der Waals surface area (Å²) in [6.07, 6.45) is -4.31. The molecule has 0 spiro atoms. The second kappa shape index (κ2) is 6.55. The Kier molecular flexibility index (Phi) is 4.98. The first-order chi connectivity index (χ1) is 9.86. The molecule has 0 unspecified atom stereocenters. The average molecular weight is 312 g/mol. The maximum absolute atomic E-state index is 12.4. The summed E-state index contributed by atoms with van der Waals surface area (Å²) in [6, 6.07) is 11.7. The molecule has 7 heteroatoms. The molecule has 2 aromatic rings. The molecular weight excluding hydrogens is 300 g/mol. The van der Waals surface area contributed by atoms with E-state index in [9.17, 15) is 13.2 Å². The molecule has 2 rings (SSSR count). The molecule has 0 aliphatic carbocycles. The molecule has 0 aliphatic rings. The zero-order valence-corrected chi connectivity index (χ0v) is 11.7. The average Bonchev–Trinajstić information content (AvgIpc) is 2.45. The lowest BCUT2D eigenvalue weighted by molar-refractivity contribution is -0.137. The van der Waals surface area contributed by atoms with Crippen molar-refractivity contribution in [3.8, 4) is 0 Å². The highest BCUT2D eigenvalue weighted by molar-refractivity contribution is 7.98. The van der Waals surface area contributed by atoms with Crippen LogP contribution < -0.4 is 5.46 Å². The Morgan fingerprint density at radius 2 is 1.48 bits per heavy atom. The van der Waals surface area contributed by atoms with Crippen molar-refractivity contribution in [2.24, 2.45) is 0 Å². The fraction of sp³-hybridized carbons (Fsp3) is 0.143. The van der Waals surface area contributed by atoms with Gasteiger partial charge in [-0.3, -0.25) is 0 Å². The standard InChI is InChI=1S/C14H12BF3O2S/c16-14(17,18)11-3-1-10(2-4-11)9-21-13-7-5-12(6-8-13)15(19)20/h1-8,19-20H,9H2. The van der Waals surface area contributed by atoms with Crippen LogP contribution in [0.4, 0.5) is 13.2 Å². The molecule has 0 saturated carbocycles. The highest BCUT2D eigenvalue weighted by Crippen LogP contribution is 2.30. The molecule has 21 heavy (non-hydrogen) atoms. The molecule has 0 aliphatic heterocycles. The number of halogens is 3. The normalized spacial score (nSPS) is 11.5. The van der Waals surface area contributed by atoms with Crippen molar-refractivity contribution in [3.05, 3.63) is 59.7 Å². The Morgan fingerprint density at radius 1 is 0.905 bits per heavy atom. The van der Waals surface area contributed by atoms with E-state index in [1.54, 1.807) is 24.3 Å². The van der Waals surface area contributed by atoms with Crippen LogP contribution in [0.3, 0.4) is 0 Å². The first kappa shape index (κ1) is 15.9. The van der Waals surface area contributed by atoms with Gasteiger partial charge in [0.15, 0.2) is 0 Å². The van der Waals surface area contributed by atoms with Crippen LogP contribution in [0.1, 0.15) is 11.1 Å². The van der Waals surface area contributed by atoms with Crippen LogP contribution in [0.5, 0.6) is 0 Å². The van der Waals surface area contributed by atoms with Gasteiger partial charge in [-0.25, -0.2) is 0 Å². The Hall–Kier alpha value is -1.44. The van der Waals surface area contributed by atoms with Crippen molar-refractivity contribution in [1.29, 1.82) is 0 Å². The number of hydrogen-bond acceptors (Lipinski definition) is 3. The Balaban J connectivity index is 1.96. The highest BCUT2D eigenvalue weighted by atomic mass is 32.2. The molecule has 0 heterocycles. The molecule has 2 aromatic carbocycles. The van der Waals surface area contributed by atoms with Gasteiger partial charge < -0.3 is 10.0 Å². The van der Waals surface area contributed by atoms with Gasteiger partial charge in [-0.05, 0) is 35.3 Å². The highest BCUT2D eigenvalue weighted by Gasteiger charge is 2.29. The molecule has 0 saturated heterocycles. The second-order valence-corrected chi connectivity index (χ2v) is 5.47. The first-order valence-electron chi connectivity index (χ1n) is 6.11. The summed E-state index contributed by atoms with van der Waals surface area (Å²) in [6.45, 7) is 0. The third-order valence-corrected chi connectivity index (χ3v) is 3.95. The third kappa shape index (κ3) is 4.52. The maximum Gasteiger partial charge on any atom is 0.488 e. The summed E-state index contributed by atoms with van der Waals surface area (Å²) < 4.78 is 37.3. The topological polar surface area (TPSA) is 40.5 Å². The van der Waals surface area contributed by atoms with Crippen LogP contribution in [0.2, 0.25) is 0 Å². The van der Waals surface area contributed by atoms with Crippen LogP contribution in [-0.4, -0.2) is 17.2 Å². The Bertz CT molecular complexity index is 583. The van der Waals surface area contributed by atoms with Gasteiger partial charge in [-0.1, -0.05) is 24.3 Å². The zero-order chi connectivity index (χ0) is 15.5.